The minimum atomic E-state index is -0.126. The van der Waals surface area contributed by atoms with E-state index in [4.69, 9.17) is 9.47 Å². The van der Waals surface area contributed by atoms with Gasteiger partial charge in [0.25, 0.3) is 0 Å². The molecular formula is C16H14BrNO3S. The van der Waals surface area contributed by atoms with E-state index >= 15 is 0 Å². The number of hydrogen-bond donors (Lipinski definition) is 1. The molecule has 0 saturated carbocycles. The maximum atomic E-state index is 11.8. The van der Waals surface area contributed by atoms with Crippen LogP contribution in [-0.2, 0) is 11.3 Å². The van der Waals surface area contributed by atoms with Gasteiger partial charge in [0.05, 0.1) is 3.79 Å². The summed E-state index contributed by atoms with van der Waals surface area (Å²) in [6.45, 7) is 1.59. The van der Waals surface area contributed by atoms with E-state index < -0.39 is 0 Å². The van der Waals surface area contributed by atoms with Gasteiger partial charge in [-0.15, -0.1) is 11.3 Å². The number of hydrogen-bond acceptors (Lipinski definition) is 4. The van der Waals surface area contributed by atoms with Gasteiger partial charge in [0.2, 0.25) is 5.91 Å². The van der Waals surface area contributed by atoms with Gasteiger partial charge in [-0.3, -0.25) is 4.79 Å². The van der Waals surface area contributed by atoms with Gasteiger partial charge >= 0.3 is 0 Å². The molecule has 0 atom stereocenters. The second-order valence-corrected chi connectivity index (χ2v) is 7.17. The Morgan fingerprint density at radius 1 is 1.23 bits per heavy atom. The summed E-state index contributed by atoms with van der Waals surface area (Å²) >= 11 is 4.97. The summed E-state index contributed by atoms with van der Waals surface area (Å²) in [5.74, 6) is 1.36. The second kappa shape index (κ2) is 6.98. The Hall–Kier alpha value is -1.79. The third-order valence-corrected chi connectivity index (χ3v) is 4.66. The molecule has 0 saturated heterocycles. The maximum absolute atomic E-state index is 11.8. The summed E-state index contributed by atoms with van der Waals surface area (Å²) in [6, 6.07) is 9.61. The van der Waals surface area contributed by atoms with Crippen molar-refractivity contribution in [2.75, 3.05) is 13.2 Å². The second-order valence-electron chi connectivity index (χ2n) is 4.67. The fraction of sp³-hybridized carbons (Fsp3) is 0.188. The fourth-order valence-corrected chi connectivity index (χ4v) is 3.35. The Morgan fingerprint density at radius 2 is 2.05 bits per heavy atom. The van der Waals surface area contributed by atoms with Crippen molar-refractivity contribution in [2.24, 2.45) is 0 Å². The zero-order chi connectivity index (χ0) is 15.4. The quantitative estimate of drug-likeness (QED) is 0.825. The van der Waals surface area contributed by atoms with Crippen LogP contribution in [0.4, 0.5) is 0 Å². The molecule has 0 fully saturated rings. The van der Waals surface area contributed by atoms with E-state index in [1.54, 1.807) is 17.4 Å². The summed E-state index contributed by atoms with van der Waals surface area (Å²) in [7, 11) is 0. The van der Waals surface area contributed by atoms with Gasteiger partial charge in [-0.25, -0.2) is 0 Å². The van der Waals surface area contributed by atoms with E-state index in [-0.39, 0.29) is 5.91 Å². The average molecular weight is 380 g/mol. The van der Waals surface area contributed by atoms with Crippen LogP contribution in [0, 0.1) is 0 Å². The fourth-order valence-electron chi connectivity index (χ4n) is 2.02. The van der Waals surface area contributed by atoms with Crippen LogP contribution >= 0.6 is 27.3 Å². The van der Waals surface area contributed by atoms with Crippen LogP contribution in [0.5, 0.6) is 11.5 Å². The lowest BCUT2D eigenvalue weighted by atomic mass is 10.2. The molecule has 1 aliphatic heterocycles. The summed E-state index contributed by atoms with van der Waals surface area (Å²) in [5, 5.41) is 2.85. The number of fused-ring (bicyclic) bond motifs is 1. The topological polar surface area (TPSA) is 47.6 Å². The summed E-state index contributed by atoms with van der Waals surface area (Å²) < 4.78 is 12.0. The number of benzene rings is 1. The van der Waals surface area contributed by atoms with E-state index in [1.165, 1.54) is 6.08 Å². The molecule has 4 nitrogen and oxygen atoms in total. The number of amides is 1. The van der Waals surface area contributed by atoms with Gasteiger partial charge in [-0.2, -0.15) is 0 Å². The van der Waals surface area contributed by atoms with E-state index in [2.05, 4.69) is 21.2 Å². The van der Waals surface area contributed by atoms with Crippen molar-refractivity contribution in [3.8, 4) is 11.5 Å². The summed E-state index contributed by atoms with van der Waals surface area (Å²) in [6.07, 6.45) is 3.34. The van der Waals surface area contributed by atoms with Gasteiger partial charge in [-0.05, 0) is 51.8 Å². The molecule has 0 unspecified atom stereocenters. The van der Waals surface area contributed by atoms with Crippen molar-refractivity contribution in [1.82, 2.24) is 5.32 Å². The van der Waals surface area contributed by atoms with Crippen molar-refractivity contribution >= 4 is 39.2 Å². The van der Waals surface area contributed by atoms with Crippen molar-refractivity contribution in [2.45, 2.75) is 6.54 Å². The standard InChI is InChI=1S/C16H14BrNO3S/c17-15-5-2-12(22-15)3-6-16(19)18-10-11-1-4-13-14(9-11)21-8-7-20-13/h1-6,9H,7-8,10H2,(H,18,19). The number of carbonyl (C=O) groups is 1. The molecule has 1 aromatic heterocycles. The number of halogens is 1. The Morgan fingerprint density at radius 3 is 2.82 bits per heavy atom. The molecule has 114 valence electrons. The third kappa shape index (κ3) is 3.90. The molecule has 22 heavy (non-hydrogen) atoms. The molecule has 2 aromatic rings. The number of thiophene rings is 1. The van der Waals surface area contributed by atoms with Crippen LogP contribution in [-0.4, -0.2) is 19.1 Å². The van der Waals surface area contributed by atoms with Crippen molar-refractivity contribution < 1.29 is 14.3 Å². The molecule has 1 aliphatic rings. The predicted octanol–water partition coefficient (Wildman–Crippen LogP) is 3.61. The van der Waals surface area contributed by atoms with Gasteiger partial charge in [-0.1, -0.05) is 6.07 Å². The normalized spacial score (nSPS) is 13.3. The average Bonchev–Trinajstić information content (AvgIpc) is 2.96. The number of carbonyl (C=O) groups excluding carboxylic acids is 1. The number of nitrogens with one attached hydrogen (secondary N) is 1. The molecule has 1 aromatic carbocycles. The lowest BCUT2D eigenvalue weighted by Gasteiger charge is -2.18. The number of rotatable bonds is 4. The van der Waals surface area contributed by atoms with E-state index in [1.807, 2.05) is 30.3 Å². The van der Waals surface area contributed by atoms with Crippen LogP contribution in [0.25, 0.3) is 6.08 Å². The van der Waals surface area contributed by atoms with Crippen LogP contribution in [0.1, 0.15) is 10.4 Å². The molecule has 0 radical (unpaired) electrons. The Bertz CT molecular complexity index is 711. The van der Waals surface area contributed by atoms with Crippen molar-refractivity contribution in [1.29, 1.82) is 0 Å². The monoisotopic (exact) mass is 379 g/mol. The Balaban J connectivity index is 1.55. The van der Waals surface area contributed by atoms with Crippen molar-refractivity contribution in [3.63, 3.8) is 0 Å². The highest BCUT2D eigenvalue weighted by Crippen LogP contribution is 2.30. The molecule has 3 rings (SSSR count). The summed E-state index contributed by atoms with van der Waals surface area (Å²) in [4.78, 5) is 12.9. The minimum absolute atomic E-state index is 0.126. The first-order valence-electron chi connectivity index (χ1n) is 6.80. The van der Waals surface area contributed by atoms with E-state index in [9.17, 15) is 4.79 Å². The molecule has 1 N–H and O–H groups in total. The first-order valence-corrected chi connectivity index (χ1v) is 8.41. The van der Waals surface area contributed by atoms with Gasteiger partial charge in [0, 0.05) is 17.5 Å². The lowest BCUT2D eigenvalue weighted by Crippen LogP contribution is -2.20. The van der Waals surface area contributed by atoms with Gasteiger partial charge < -0.3 is 14.8 Å². The highest BCUT2D eigenvalue weighted by atomic mass is 79.9. The smallest absolute Gasteiger partial charge is 0.244 e. The lowest BCUT2D eigenvalue weighted by molar-refractivity contribution is -0.116. The zero-order valence-electron chi connectivity index (χ0n) is 11.7. The first kappa shape index (κ1) is 15.1. The van der Waals surface area contributed by atoms with Crippen molar-refractivity contribution in [3.05, 3.63) is 50.6 Å². The minimum Gasteiger partial charge on any atom is -0.486 e. The highest BCUT2D eigenvalue weighted by molar-refractivity contribution is 9.11. The molecule has 0 spiro atoms. The van der Waals surface area contributed by atoms with Gasteiger partial charge in [0.15, 0.2) is 11.5 Å². The first-order chi connectivity index (χ1) is 10.7. The van der Waals surface area contributed by atoms with Crippen LogP contribution < -0.4 is 14.8 Å². The van der Waals surface area contributed by atoms with Crippen LogP contribution in [0.3, 0.4) is 0 Å². The molecule has 0 aliphatic carbocycles. The Kier molecular flexibility index (Phi) is 4.80. The maximum Gasteiger partial charge on any atom is 0.244 e. The van der Waals surface area contributed by atoms with E-state index in [0.717, 1.165) is 25.7 Å². The van der Waals surface area contributed by atoms with E-state index in [0.29, 0.717) is 19.8 Å². The summed E-state index contributed by atoms with van der Waals surface area (Å²) in [5.41, 5.74) is 0.977. The Labute approximate surface area is 140 Å². The number of ether oxygens (including phenoxy) is 2. The van der Waals surface area contributed by atoms with Crippen LogP contribution in [0.15, 0.2) is 40.2 Å². The molecule has 6 heteroatoms. The SMILES string of the molecule is O=C(C=Cc1ccc(Br)s1)NCc1ccc2c(c1)OCCO2. The third-order valence-electron chi connectivity index (χ3n) is 3.07. The molecule has 1 amide bonds. The highest BCUT2D eigenvalue weighted by Gasteiger charge is 2.11. The zero-order valence-corrected chi connectivity index (χ0v) is 14.1. The molecule has 0 bridgehead atoms. The molecule has 2 heterocycles. The van der Waals surface area contributed by atoms with Crippen LogP contribution in [0.2, 0.25) is 0 Å². The molecular weight excluding hydrogens is 366 g/mol. The largest absolute Gasteiger partial charge is 0.486 e. The predicted molar refractivity (Wildman–Crippen MR) is 90.3 cm³/mol. The van der Waals surface area contributed by atoms with Gasteiger partial charge in [0.1, 0.15) is 13.2 Å².